The number of benzene rings is 1. The zero-order valence-corrected chi connectivity index (χ0v) is 17.9. The first kappa shape index (κ1) is 21.3. The van der Waals surface area contributed by atoms with E-state index in [-0.39, 0.29) is 17.6 Å². The van der Waals surface area contributed by atoms with Gasteiger partial charge in [0.2, 0.25) is 0 Å². The number of carbonyl (C=O) groups is 1. The third kappa shape index (κ3) is 5.13. The number of nitrogens with one attached hydrogen (secondary N) is 1. The molecule has 0 bridgehead atoms. The highest BCUT2D eigenvalue weighted by Gasteiger charge is 2.26. The molecule has 1 N–H and O–H groups in total. The van der Waals surface area contributed by atoms with Crippen LogP contribution in [-0.2, 0) is 0 Å². The Labute approximate surface area is 175 Å². The largest absolute Gasteiger partial charge is 0.372 e. The van der Waals surface area contributed by atoms with Gasteiger partial charge < -0.3 is 10.2 Å². The van der Waals surface area contributed by atoms with Gasteiger partial charge in [0.25, 0.3) is 11.6 Å². The van der Waals surface area contributed by atoms with Crippen LogP contribution >= 0.6 is 11.3 Å². The number of amides is 1. The van der Waals surface area contributed by atoms with Gasteiger partial charge in [-0.1, -0.05) is 13.0 Å². The van der Waals surface area contributed by atoms with Crippen LogP contribution in [0.25, 0.3) is 0 Å². The van der Waals surface area contributed by atoms with Gasteiger partial charge in [0.05, 0.1) is 11.0 Å². The molecule has 1 aliphatic rings. The number of hydrogen-bond donors (Lipinski definition) is 1. The van der Waals surface area contributed by atoms with Crippen molar-refractivity contribution in [3.05, 3.63) is 56.3 Å². The van der Waals surface area contributed by atoms with E-state index in [1.807, 2.05) is 6.07 Å². The van der Waals surface area contributed by atoms with Crippen molar-refractivity contribution in [2.45, 2.75) is 25.8 Å². The summed E-state index contributed by atoms with van der Waals surface area (Å²) in [6.07, 6.45) is 2.32. The number of rotatable bonds is 7. The Hall–Kier alpha value is -2.45. The van der Waals surface area contributed by atoms with Crippen LogP contribution in [0.3, 0.4) is 0 Å². The van der Waals surface area contributed by atoms with Crippen LogP contribution in [0.4, 0.5) is 11.4 Å². The van der Waals surface area contributed by atoms with E-state index < -0.39 is 4.92 Å². The van der Waals surface area contributed by atoms with Crippen molar-refractivity contribution in [1.29, 1.82) is 0 Å². The van der Waals surface area contributed by atoms with Crippen LogP contribution in [0, 0.1) is 16.0 Å². The quantitative estimate of drug-likeness (QED) is 0.547. The van der Waals surface area contributed by atoms with Crippen molar-refractivity contribution in [3.8, 4) is 0 Å². The second-order valence-electron chi connectivity index (χ2n) is 7.81. The number of anilines is 1. The van der Waals surface area contributed by atoms with Gasteiger partial charge in [-0.2, -0.15) is 0 Å². The summed E-state index contributed by atoms with van der Waals surface area (Å²) < 4.78 is 0. The molecular weight excluding hydrogens is 388 g/mol. The summed E-state index contributed by atoms with van der Waals surface area (Å²) in [5, 5.41) is 16.5. The molecule has 0 saturated carbocycles. The number of nitrogens with zero attached hydrogens (tertiary/aromatic N) is 3. The molecule has 1 fully saturated rings. The molecule has 1 aliphatic heterocycles. The molecular formula is C21H28N4O3S. The van der Waals surface area contributed by atoms with E-state index in [4.69, 9.17) is 0 Å². The number of nitro groups is 1. The van der Waals surface area contributed by atoms with E-state index in [1.54, 1.807) is 42.5 Å². The number of carbonyl (C=O) groups excluding carboxylic acids is 1. The summed E-state index contributed by atoms with van der Waals surface area (Å²) in [5.74, 6) is 0.450. The zero-order chi connectivity index (χ0) is 21.0. The molecule has 2 aromatic rings. The molecule has 1 amide bonds. The first-order valence-corrected chi connectivity index (χ1v) is 10.8. The average molecular weight is 417 g/mol. The Morgan fingerprint density at radius 2 is 2.07 bits per heavy atom. The van der Waals surface area contributed by atoms with Crippen LogP contribution in [0.2, 0.25) is 0 Å². The van der Waals surface area contributed by atoms with Crippen LogP contribution in [0.5, 0.6) is 0 Å². The Bertz CT molecular complexity index is 846. The number of likely N-dealkylation sites (tertiary alicyclic amines) is 1. The van der Waals surface area contributed by atoms with Crippen LogP contribution in [0.15, 0.2) is 35.7 Å². The minimum atomic E-state index is -0.449. The maximum absolute atomic E-state index is 12.7. The normalized spacial score (nSPS) is 16.4. The summed E-state index contributed by atoms with van der Waals surface area (Å²) in [4.78, 5) is 29.0. The van der Waals surface area contributed by atoms with E-state index >= 15 is 0 Å². The van der Waals surface area contributed by atoms with Gasteiger partial charge in [-0.25, -0.2) is 0 Å². The highest BCUT2D eigenvalue weighted by Crippen LogP contribution is 2.30. The summed E-state index contributed by atoms with van der Waals surface area (Å²) >= 11 is 1.70. The highest BCUT2D eigenvalue weighted by atomic mass is 32.1. The Balaban J connectivity index is 1.73. The first-order chi connectivity index (χ1) is 13.9. The van der Waals surface area contributed by atoms with Crippen molar-refractivity contribution in [2.24, 2.45) is 5.92 Å². The average Bonchev–Trinajstić information content (AvgIpc) is 3.23. The minimum Gasteiger partial charge on any atom is -0.372 e. The van der Waals surface area contributed by atoms with Crippen molar-refractivity contribution in [1.82, 2.24) is 10.2 Å². The van der Waals surface area contributed by atoms with Crippen LogP contribution in [-0.4, -0.2) is 49.5 Å². The summed E-state index contributed by atoms with van der Waals surface area (Å²) in [7, 11) is 3.49. The fourth-order valence-corrected chi connectivity index (χ4v) is 4.57. The molecule has 7 nitrogen and oxygen atoms in total. The first-order valence-electron chi connectivity index (χ1n) is 9.88. The lowest BCUT2D eigenvalue weighted by atomic mass is 9.97. The molecule has 1 saturated heterocycles. The van der Waals surface area contributed by atoms with E-state index in [9.17, 15) is 14.9 Å². The molecule has 0 radical (unpaired) electrons. The molecule has 2 heterocycles. The van der Waals surface area contributed by atoms with Crippen LogP contribution < -0.4 is 10.2 Å². The molecule has 1 aromatic heterocycles. The maximum Gasteiger partial charge on any atom is 0.293 e. The van der Waals surface area contributed by atoms with Gasteiger partial charge in [0.15, 0.2) is 0 Å². The lowest BCUT2D eigenvalue weighted by Gasteiger charge is -2.36. The SMILES string of the molecule is CC1CCN(C(CNC(=O)c2ccc(N(C)C)c([N+](=O)[O-])c2)c2cccs2)CC1. The fourth-order valence-electron chi connectivity index (χ4n) is 3.71. The number of thiophene rings is 1. The smallest absolute Gasteiger partial charge is 0.293 e. The number of piperidine rings is 1. The fraction of sp³-hybridized carbons (Fsp3) is 0.476. The molecule has 1 aromatic carbocycles. The van der Waals surface area contributed by atoms with Crippen molar-refractivity contribution in [3.63, 3.8) is 0 Å². The Kier molecular flexibility index (Phi) is 6.87. The molecule has 0 spiro atoms. The lowest BCUT2D eigenvalue weighted by Crippen LogP contribution is -2.41. The summed E-state index contributed by atoms with van der Waals surface area (Å²) in [5.41, 5.74) is 0.715. The van der Waals surface area contributed by atoms with E-state index in [1.165, 1.54) is 10.9 Å². The standard InChI is InChI=1S/C21H28N4O3S/c1-15-8-10-24(11-9-15)19(20-5-4-12-29-20)14-22-21(26)16-6-7-17(23(2)3)18(13-16)25(27)28/h4-7,12-13,15,19H,8-11,14H2,1-3H3,(H,22,26). The molecule has 1 atom stereocenters. The van der Waals surface area contributed by atoms with Gasteiger partial charge in [-0.05, 0) is 55.4 Å². The van der Waals surface area contributed by atoms with Crippen molar-refractivity contribution in [2.75, 3.05) is 38.6 Å². The highest BCUT2D eigenvalue weighted by molar-refractivity contribution is 7.10. The number of nitro benzene ring substituents is 1. The summed E-state index contributed by atoms with van der Waals surface area (Å²) in [6, 6.07) is 8.88. The Morgan fingerprint density at radius 3 is 2.66 bits per heavy atom. The second-order valence-corrected chi connectivity index (χ2v) is 8.79. The summed E-state index contributed by atoms with van der Waals surface area (Å²) in [6.45, 7) is 4.80. The molecule has 8 heteroatoms. The predicted molar refractivity (Wildman–Crippen MR) is 117 cm³/mol. The third-order valence-corrected chi connectivity index (χ3v) is 6.48. The van der Waals surface area contributed by atoms with E-state index in [0.29, 0.717) is 17.8 Å². The second kappa shape index (κ2) is 9.37. The van der Waals surface area contributed by atoms with Gasteiger partial charge in [-0.3, -0.25) is 19.8 Å². The van der Waals surface area contributed by atoms with Crippen LogP contribution in [0.1, 0.15) is 41.0 Å². The van der Waals surface area contributed by atoms with E-state index in [0.717, 1.165) is 31.8 Å². The van der Waals surface area contributed by atoms with Crippen molar-refractivity contribution >= 4 is 28.6 Å². The molecule has 3 rings (SSSR count). The van der Waals surface area contributed by atoms with E-state index in [2.05, 4.69) is 28.6 Å². The minimum absolute atomic E-state index is 0.0672. The van der Waals surface area contributed by atoms with Gasteiger partial charge in [0.1, 0.15) is 5.69 Å². The van der Waals surface area contributed by atoms with Gasteiger partial charge >= 0.3 is 0 Å². The molecule has 0 aliphatic carbocycles. The van der Waals surface area contributed by atoms with Crippen molar-refractivity contribution < 1.29 is 9.72 Å². The molecule has 29 heavy (non-hydrogen) atoms. The molecule has 156 valence electrons. The number of hydrogen-bond acceptors (Lipinski definition) is 6. The predicted octanol–water partition coefficient (Wildman–Crippen LogP) is 3.93. The monoisotopic (exact) mass is 416 g/mol. The zero-order valence-electron chi connectivity index (χ0n) is 17.1. The van der Waals surface area contributed by atoms with Gasteiger partial charge in [-0.15, -0.1) is 11.3 Å². The maximum atomic E-state index is 12.7. The van der Waals surface area contributed by atoms with Gasteiger partial charge in [0, 0.05) is 37.1 Å². The third-order valence-electron chi connectivity index (χ3n) is 5.50. The topological polar surface area (TPSA) is 78.7 Å². The lowest BCUT2D eigenvalue weighted by molar-refractivity contribution is -0.384. The molecule has 1 unspecified atom stereocenters. The Morgan fingerprint density at radius 1 is 1.34 bits per heavy atom.